The Morgan fingerprint density at radius 1 is 1.50 bits per heavy atom. The molecule has 1 unspecified atom stereocenters. The molecule has 0 aliphatic rings. The summed E-state index contributed by atoms with van der Waals surface area (Å²) in [5.74, 6) is 1.40. The molecular formula is C7H14N2O2S. The molecule has 0 radical (unpaired) electrons. The lowest BCUT2D eigenvalue weighted by Crippen LogP contribution is -1.93. The summed E-state index contributed by atoms with van der Waals surface area (Å²) in [7, 11) is -0.888. The van der Waals surface area contributed by atoms with E-state index in [1.54, 1.807) is 13.2 Å². The van der Waals surface area contributed by atoms with E-state index in [1.165, 1.54) is 0 Å². The molecular weight excluding hydrogens is 176 g/mol. The van der Waals surface area contributed by atoms with Crippen molar-refractivity contribution in [3.63, 3.8) is 0 Å². The number of hydrogen-bond donors (Lipinski definition) is 0. The predicted molar refractivity (Wildman–Crippen MR) is 48.2 cm³/mol. The van der Waals surface area contributed by atoms with Gasteiger partial charge < -0.3 is 4.52 Å². The van der Waals surface area contributed by atoms with Gasteiger partial charge in [0.05, 0.1) is 5.75 Å². The minimum Gasteiger partial charge on any atom is -0.340 e. The molecule has 0 spiro atoms. The third-order valence-electron chi connectivity index (χ3n) is 0.902. The predicted octanol–water partition coefficient (Wildman–Crippen LogP) is 1.28. The second-order valence-corrected chi connectivity index (χ2v) is 3.38. The molecule has 0 aliphatic carbocycles. The number of aromatic nitrogens is 2. The average Bonchev–Trinajstić information content (AvgIpc) is 2.39. The van der Waals surface area contributed by atoms with Crippen molar-refractivity contribution in [1.29, 1.82) is 0 Å². The van der Waals surface area contributed by atoms with Gasteiger partial charge in [0, 0.05) is 24.0 Å². The lowest BCUT2D eigenvalue weighted by molar-refractivity contribution is 0.389. The van der Waals surface area contributed by atoms with Crippen molar-refractivity contribution < 1.29 is 8.73 Å². The van der Waals surface area contributed by atoms with Gasteiger partial charge in [-0.1, -0.05) is 19.0 Å². The quantitative estimate of drug-likeness (QED) is 0.705. The standard InChI is InChI=1S/C5H8N2O2S.C2H6/c1-4-6-5(7-9-4)3-10(2)8;1-2/h3H2,1-2H3;1-2H3. The van der Waals surface area contributed by atoms with Gasteiger partial charge in [0.2, 0.25) is 5.89 Å². The molecule has 0 saturated heterocycles. The van der Waals surface area contributed by atoms with Crippen molar-refractivity contribution in [2.75, 3.05) is 6.26 Å². The minimum absolute atomic E-state index is 0.372. The smallest absolute Gasteiger partial charge is 0.223 e. The minimum atomic E-state index is -0.888. The number of aryl methyl sites for hydroxylation is 1. The first-order chi connectivity index (χ1) is 5.68. The van der Waals surface area contributed by atoms with Crippen LogP contribution in [0.5, 0.6) is 0 Å². The average molecular weight is 190 g/mol. The van der Waals surface area contributed by atoms with Crippen LogP contribution in [0.1, 0.15) is 25.6 Å². The molecule has 0 bridgehead atoms. The summed E-state index contributed by atoms with van der Waals surface area (Å²) < 4.78 is 15.3. The van der Waals surface area contributed by atoms with Crippen LogP contribution in [0.15, 0.2) is 4.52 Å². The van der Waals surface area contributed by atoms with Crippen molar-refractivity contribution in [2.24, 2.45) is 0 Å². The normalized spacial score (nSPS) is 11.7. The van der Waals surface area contributed by atoms with E-state index < -0.39 is 10.8 Å². The highest BCUT2D eigenvalue weighted by atomic mass is 32.2. The molecule has 70 valence electrons. The SMILES string of the molecule is CC.Cc1nc(CS(C)=O)no1. The van der Waals surface area contributed by atoms with E-state index in [4.69, 9.17) is 0 Å². The topological polar surface area (TPSA) is 56.0 Å². The van der Waals surface area contributed by atoms with Crippen LogP contribution >= 0.6 is 0 Å². The molecule has 0 fully saturated rings. The maximum atomic E-state index is 10.6. The zero-order chi connectivity index (χ0) is 9.56. The molecule has 1 aromatic heterocycles. The first-order valence-electron chi connectivity index (χ1n) is 3.77. The molecule has 1 atom stereocenters. The summed E-state index contributed by atoms with van der Waals surface area (Å²) in [6.45, 7) is 5.70. The monoisotopic (exact) mass is 190 g/mol. The lowest BCUT2D eigenvalue weighted by atomic mass is 10.7. The second kappa shape index (κ2) is 5.88. The Labute approximate surface area is 74.8 Å². The Balaban J connectivity index is 0.000000561. The molecule has 0 amide bonds. The highest BCUT2D eigenvalue weighted by Gasteiger charge is 2.02. The Hall–Kier alpha value is -0.710. The van der Waals surface area contributed by atoms with E-state index >= 15 is 0 Å². The van der Waals surface area contributed by atoms with Gasteiger partial charge in [0.15, 0.2) is 5.82 Å². The van der Waals surface area contributed by atoms with Gasteiger partial charge >= 0.3 is 0 Å². The van der Waals surface area contributed by atoms with Crippen LogP contribution in [0.4, 0.5) is 0 Å². The van der Waals surface area contributed by atoms with Gasteiger partial charge in [0.25, 0.3) is 0 Å². The molecule has 0 N–H and O–H groups in total. The van der Waals surface area contributed by atoms with E-state index in [9.17, 15) is 4.21 Å². The van der Waals surface area contributed by atoms with Crippen LogP contribution in [-0.4, -0.2) is 20.6 Å². The summed E-state index contributed by atoms with van der Waals surface area (Å²) >= 11 is 0. The van der Waals surface area contributed by atoms with E-state index in [0.717, 1.165) is 0 Å². The Bertz CT molecular complexity index is 247. The lowest BCUT2D eigenvalue weighted by Gasteiger charge is -1.84. The van der Waals surface area contributed by atoms with Gasteiger partial charge in [-0.25, -0.2) is 0 Å². The van der Waals surface area contributed by atoms with Gasteiger partial charge in [-0.05, 0) is 0 Å². The van der Waals surface area contributed by atoms with Crippen LogP contribution in [0.3, 0.4) is 0 Å². The summed E-state index contributed by atoms with van der Waals surface area (Å²) in [4.78, 5) is 3.88. The van der Waals surface area contributed by atoms with Gasteiger partial charge in [-0.15, -0.1) is 0 Å². The zero-order valence-corrected chi connectivity index (χ0v) is 8.64. The summed E-state index contributed by atoms with van der Waals surface area (Å²) in [6, 6.07) is 0. The zero-order valence-electron chi connectivity index (χ0n) is 7.83. The van der Waals surface area contributed by atoms with E-state index in [-0.39, 0.29) is 0 Å². The van der Waals surface area contributed by atoms with Gasteiger partial charge in [-0.2, -0.15) is 4.98 Å². The third kappa shape index (κ3) is 4.23. The van der Waals surface area contributed by atoms with Gasteiger partial charge in [0.1, 0.15) is 0 Å². The Morgan fingerprint density at radius 3 is 2.42 bits per heavy atom. The molecule has 0 aromatic carbocycles. The van der Waals surface area contributed by atoms with Crippen molar-refractivity contribution in [1.82, 2.24) is 10.1 Å². The Kier molecular flexibility index (Phi) is 5.53. The highest BCUT2D eigenvalue weighted by Crippen LogP contribution is 1.96. The number of rotatable bonds is 2. The van der Waals surface area contributed by atoms with Gasteiger partial charge in [-0.3, -0.25) is 4.21 Å². The molecule has 12 heavy (non-hydrogen) atoms. The van der Waals surface area contributed by atoms with Crippen molar-refractivity contribution in [3.8, 4) is 0 Å². The fourth-order valence-electron chi connectivity index (χ4n) is 0.582. The van der Waals surface area contributed by atoms with Crippen LogP contribution in [0, 0.1) is 6.92 Å². The number of nitrogens with zero attached hydrogens (tertiary/aromatic N) is 2. The molecule has 1 heterocycles. The molecule has 0 saturated carbocycles. The van der Waals surface area contributed by atoms with E-state index in [0.29, 0.717) is 17.5 Å². The largest absolute Gasteiger partial charge is 0.340 e. The van der Waals surface area contributed by atoms with E-state index in [1.807, 2.05) is 13.8 Å². The first kappa shape index (κ1) is 11.3. The Morgan fingerprint density at radius 2 is 2.08 bits per heavy atom. The maximum absolute atomic E-state index is 10.6. The molecule has 1 rings (SSSR count). The van der Waals surface area contributed by atoms with Crippen molar-refractivity contribution in [3.05, 3.63) is 11.7 Å². The summed E-state index contributed by atoms with van der Waals surface area (Å²) in [5, 5.41) is 3.58. The molecule has 0 aliphatic heterocycles. The summed E-state index contributed by atoms with van der Waals surface area (Å²) in [5.41, 5.74) is 0. The molecule has 1 aromatic rings. The third-order valence-corrected chi connectivity index (χ3v) is 1.57. The highest BCUT2D eigenvalue weighted by molar-refractivity contribution is 7.83. The second-order valence-electron chi connectivity index (χ2n) is 1.95. The van der Waals surface area contributed by atoms with Crippen LogP contribution in [0.25, 0.3) is 0 Å². The first-order valence-corrected chi connectivity index (χ1v) is 5.50. The number of hydrogen-bond acceptors (Lipinski definition) is 4. The fraction of sp³-hybridized carbons (Fsp3) is 0.714. The van der Waals surface area contributed by atoms with Crippen molar-refractivity contribution >= 4 is 10.8 Å². The molecule has 4 nitrogen and oxygen atoms in total. The fourth-order valence-corrected chi connectivity index (χ4v) is 1.06. The van der Waals surface area contributed by atoms with E-state index in [2.05, 4.69) is 14.7 Å². The summed E-state index contributed by atoms with van der Waals surface area (Å²) in [6.07, 6.45) is 1.60. The van der Waals surface area contributed by atoms with Crippen LogP contribution < -0.4 is 0 Å². The van der Waals surface area contributed by atoms with Crippen LogP contribution in [-0.2, 0) is 16.6 Å². The van der Waals surface area contributed by atoms with Crippen molar-refractivity contribution in [2.45, 2.75) is 26.5 Å². The maximum Gasteiger partial charge on any atom is 0.223 e. The molecule has 5 heteroatoms. The van der Waals surface area contributed by atoms with Crippen LogP contribution in [0.2, 0.25) is 0 Å².